The molecule has 0 bridgehead atoms. The summed E-state index contributed by atoms with van der Waals surface area (Å²) in [5, 5.41) is 4.67. The summed E-state index contributed by atoms with van der Waals surface area (Å²) in [6.07, 6.45) is 0. The molecule has 230 valence electrons. The van der Waals surface area contributed by atoms with Crippen LogP contribution < -0.4 is 4.90 Å². The van der Waals surface area contributed by atoms with E-state index in [-0.39, 0.29) is 10.8 Å². The SMILES string of the molecule is CC1(C)c2ccccc2-c2ccc(N(c3ccc4c(c3)C(C)(C)c3ccccc3-4)c3ccc4cc5c(cc4c3)oc3ccccc35)cc21. The standard InChI is InChI=1S/C46H35NO/c1-45(2)39-14-8-5-11-33(39)35-21-19-31(26-41(35)45)47(32-20-22-36-34-12-6-9-15-40(34)46(3,4)42(36)27-32)30-18-17-28-24-38-37-13-7-10-16-43(37)48-44(38)25-29(28)23-30/h5-27H,1-4H3. The number of furan rings is 1. The van der Waals surface area contributed by atoms with Crippen LogP contribution in [0.15, 0.2) is 144 Å². The Kier molecular flexibility index (Phi) is 5.44. The van der Waals surface area contributed by atoms with Gasteiger partial charge in [0.05, 0.1) is 0 Å². The van der Waals surface area contributed by atoms with Gasteiger partial charge in [-0.15, -0.1) is 0 Å². The summed E-state index contributed by atoms with van der Waals surface area (Å²) in [4.78, 5) is 2.45. The summed E-state index contributed by atoms with van der Waals surface area (Å²) in [6.45, 7) is 9.43. The monoisotopic (exact) mass is 617 g/mol. The van der Waals surface area contributed by atoms with E-state index in [1.165, 1.54) is 49.9 Å². The number of anilines is 3. The second-order valence-corrected chi connectivity index (χ2v) is 14.6. The second-order valence-electron chi connectivity index (χ2n) is 14.6. The van der Waals surface area contributed by atoms with E-state index in [2.05, 4.69) is 166 Å². The molecule has 10 rings (SSSR count). The van der Waals surface area contributed by atoms with E-state index in [0.717, 1.165) is 44.4 Å². The van der Waals surface area contributed by atoms with E-state index >= 15 is 0 Å². The maximum absolute atomic E-state index is 6.32. The van der Waals surface area contributed by atoms with Crippen LogP contribution in [0.2, 0.25) is 0 Å². The number of nitrogens with zero attached hydrogens (tertiary/aromatic N) is 1. The van der Waals surface area contributed by atoms with E-state index in [0.29, 0.717) is 0 Å². The van der Waals surface area contributed by atoms with Gasteiger partial charge in [-0.05, 0) is 110 Å². The summed E-state index contributed by atoms with van der Waals surface area (Å²) in [7, 11) is 0. The molecule has 0 atom stereocenters. The maximum atomic E-state index is 6.32. The molecule has 2 heteroatoms. The lowest BCUT2D eigenvalue weighted by Gasteiger charge is -2.30. The molecule has 0 spiro atoms. The van der Waals surface area contributed by atoms with Crippen molar-refractivity contribution in [3.8, 4) is 22.3 Å². The van der Waals surface area contributed by atoms with Crippen molar-refractivity contribution in [2.45, 2.75) is 38.5 Å². The predicted molar refractivity (Wildman–Crippen MR) is 201 cm³/mol. The summed E-state index contributed by atoms with van der Waals surface area (Å²) in [5.74, 6) is 0. The Hall–Kier alpha value is -5.60. The largest absolute Gasteiger partial charge is 0.456 e. The van der Waals surface area contributed by atoms with Crippen LogP contribution in [0.4, 0.5) is 17.1 Å². The molecular formula is C46H35NO. The maximum Gasteiger partial charge on any atom is 0.136 e. The van der Waals surface area contributed by atoms with Gasteiger partial charge in [0.1, 0.15) is 11.2 Å². The molecule has 0 saturated heterocycles. The lowest BCUT2D eigenvalue weighted by molar-refractivity contribution is 0.660. The smallest absolute Gasteiger partial charge is 0.136 e. The lowest BCUT2D eigenvalue weighted by atomic mass is 9.82. The highest BCUT2D eigenvalue weighted by atomic mass is 16.3. The van der Waals surface area contributed by atoms with Crippen LogP contribution in [0.1, 0.15) is 49.9 Å². The Morgan fingerprint density at radius 1 is 0.396 bits per heavy atom. The molecule has 1 heterocycles. The zero-order valence-electron chi connectivity index (χ0n) is 27.6. The summed E-state index contributed by atoms with van der Waals surface area (Å²) >= 11 is 0. The first-order valence-electron chi connectivity index (χ1n) is 16.9. The molecule has 0 N–H and O–H groups in total. The fourth-order valence-corrected chi connectivity index (χ4v) is 8.70. The van der Waals surface area contributed by atoms with Crippen LogP contribution in [0.25, 0.3) is 55.0 Å². The molecule has 0 radical (unpaired) electrons. The van der Waals surface area contributed by atoms with E-state index in [4.69, 9.17) is 4.42 Å². The quantitative estimate of drug-likeness (QED) is 0.196. The van der Waals surface area contributed by atoms with Crippen molar-refractivity contribution in [2.24, 2.45) is 0 Å². The molecule has 2 nitrogen and oxygen atoms in total. The molecule has 2 aliphatic carbocycles. The number of hydrogen-bond donors (Lipinski definition) is 0. The van der Waals surface area contributed by atoms with Crippen molar-refractivity contribution in [2.75, 3.05) is 4.90 Å². The van der Waals surface area contributed by atoms with Crippen molar-refractivity contribution in [1.29, 1.82) is 0 Å². The first-order chi connectivity index (χ1) is 23.3. The zero-order valence-corrected chi connectivity index (χ0v) is 27.6. The van der Waals surface area contributed by atoms with Gasteiger partial charge >= 0.3 is 0 Å². The van der Waals surface area contributed by atoms with Crippen LogP contribution >= 0.6 is 0 Å². The third-order valence-corrected chi connectivity index (χ3v) is 11.2. The molecule has 0 aliphatic heterocycles. The summed E-state index contributed by atoms with van der Waals surface area (Å²) in [5.41, 5.74) is 16.0. The fraction of sp³-hybridized carbons (Fsp3) is 0.130. The predicted octanol–water partition coefficient (Wildman–Crippen LogP) is 12.8. The zero-order chi connectivity index (χ0) is 32.4. The average Bonchev–Trinajstić information content (AvgIpc) is 3.66. The van der Waals surface area contributed by atoms with Crippen LogP contribution in [-0.2, 0) is 10.8 Å². The van der Waals surface area contributed by atoms with Crippen molar-refractivity contribution in [3.63, 3.8) is 0 Å². The Labute approximate surface area is 280 Å². The van der Waals surface area contributed by atoms with Gasteiger partial charge in [-0.3, -0.25) is 0 Å². The third-order valence-electron chi connectivity index (χ3n) is 11.2. The Morgan fingerprint density at radius 2 is 0.917 bits per heavy atom. The normalized spacial score (nSPS) is 15.0. The second kappa shape index (κ2) is 9.49. The molecule has 7 aromatic carbocycles. The summed E-state index contributed by atoms with van der Waals surface area (Å²) < 4.78 is 6.32. The fourth-order valence-electron chi connectivity index (χ4n) is 8.70. The Balaban J connectivity index is 1.19. The number of fused-ring (bicyclic) bond motifs is 10. The van der Waals surface area contributed by atoms with Gasteiger partial charge in [-0.1, -0.05) is 113 Å². The van der Waals surface area contributed by atoms with E-state index in [9.17, 15) is 0 Å². The van der Waals surface area contributed by atoms with Gasteiger partial charge in [0.15, 0.2) is 0 Å². The molecule has 0 fully saturated rings. The van der Waals surface area contributed by atoms with Gasteiger partial charge in [0.25, 0.3) is 0 Å². The van der Waals surface area contributed by atoms with Gasteiger partial charge < -0.3 is 9.32 Å². The highest BCUT2D eigenvalue weighted by molar-refractivity contribution is 6.10. The van der Waals surface area contributed by atoms with E-state index in [1.54, 1.807) is 0 Å². The van der Waals surface area contributed by atoms with Crippen molar-refractivity contribution < 1.29 is 4.42 Å². The average molecular weight is 618 g/mol. The highest BCUT2D eigenvalue weighted by Gasteiger charge is 2.37. The lowest BCUT2D eigenvalue weighted by Crippen LogP contribution is -2.18. The highest BCUT2D eigenvalue weighted by Crippen LogP contribution is 2.53. The topological polar surface area (TPSA) is 16.4 Å². The number of para-hydroxylation sites is 1. The van der Waals surface area contributed by atoms with Crippen molar-refractivity contribution in [1.82, 2.24) is 0 Å². The number of benzene rings is 7. The van der Waals surface area contributed by atoms with Gasteiger partial charge in [0, 0.05) is 38.7 Å². The molecule has 8 aromatic rings. The van der Waals surface area contributed by atoms with Gasteiger partial charge in [0.2, 0.25) is 0 Å². The van der Waals surface area contributed by atoms with Crippen LogP contribution in [0.5, 0.6) is 0 Å². The minimum absolute atomic E-state index is 0.0918. The molecule has 0 saturated carbocycles. The molecule has 0 unspecified atom stereocenters. The summed E-state index contributed by atoms with van der Waals surface area (Å²) in [6, 6.07) is 51.5. The molecule has 1 aromatic heterocycles. The van der Waals surface area contributed by atoms with Crippen molar-refractivity contribution in [3.05, 3.63) is 162 Å². The number of hydrogen-bond acceptors (Lipinski definition) is 2. The minimum atomic E-state index is -0.0918. The van der Waals surface area contributed by atoms with Crippen LogP contribution in [-0.4, -0.2) is 0 Å². The van der Waals surface area contributed by atoms with E-state index < -0.39 is 0 Å². The molecule has 2 aliphatic rings. The third kappa shape index (κ3) is 3.69. The van der Waals surface area contributed by atoms with Crippen LogP contribution in [0, 0.1) is 0 Å². The molecule has 48 heavy (non-hydrogen) atoms. The minimum Gasteiger partial charge on any atom is -0.456 e. The Bertz CT molecular complexity index is 2530. The number of rotatable bonds is 3. The Morgan fingerprint density at radius 3 is 1.56 bits per heavy atom. The molecular weight excluding hydrogens is 583 g/mol. The van der Waals surface area contributed by atoms with Crippen LogP contribution in [0.3, 0.4) is 0 Å². The first kappa shape index (κ1) is 27.5. The van der Waals surface area contributed by atoms with Crippen molar-refractivity contribution >= 4 is 49.8 Å². The molecule has 0 amide bonds. The van der Waals surface area contributed by atoms with E-state index in [1.807, 2.05) is 6.07 Å². The van der Waals surface area contributed by atoms with Gasteiger partial charge in [-0.2, -0.15) is 0 Å². The van der Waals surface area contributed by atoms with Gasteiger partial charge in [-0.25, -0.2) is 0 Å². The first-order valence-corrected chi connectivity index (χ1v) is 16.9.